The number of nitrogen functional groups attached to an aromatic ring is 1. The number of hydrogen-bond donors (Lipinski definition) is 1. The van der Waals surface area contributed by atoms with Gasteiger partial charge in [-0.05, 0) is 12.1 Å². The summed E-state index contributed by atoms with van der Waals surface area (Å²) >= 11 is 0. The monoisotopic (exact) mass is 282 g/mol. The van der Waals surface area contributed by atoms with Crippen molar-refractivity contribution in [2.45, 2.75) is 0 Å². The molecule has 0 bridgehead atoms. The van der Waals surface area contributed by atoms with Gasteiger partial charge in [0.25, 0.3) is 5.69 Å². The van der Waals surface area contributed by atoms with Crippen LogP contribution in [0, 0.1) is 10.1 Å². The maximum absolute atomic E-state index is 10.8. The van der Waals surface area contributed by atoms with Crippen molar-refractivity contribution < 1.29 is 4.92 Å². The van der Waals surface area contributed by atoms with Crippen molar-refractivity contribution in [1.82, 2.24) is 19.7 Å². The van der Waals surface area contributed by atoms with Gasteiger partial charge in [-0.2, -0.15) is 0 Å². The van der Waals surface area contributed by atoms with Gasteiger partial charge in [0, 0.05) is 17.7 Å². The van der Waals surface area contributed by atoms with Crippen molar-refractivity contribution in [1.29, 1.82) is 0 Å². The van der Waals surface area contributed by atoms with Gasteiger partial charge in [-0.15, -0.1) is 5.10 Å². The van der Waals surface area contributed by atoms with Gasteiger partial charge in [-0.1, -0.05) is 12.1 Å². The molecule has 0 saturated heterocycles. The van der Waals surface area contributed by atoms with E-state index in [-0.39, 0.29) is 5.69 Å². The fraction of sp³-hybridized carbons (Fsp3) is 0. The maximum Gasteiger partial charge on any atom is 0.270 e. The molecule has 8 heteroatoms. The van der Waals surface area contributed by atoms with Crippen LogP contribution in [0.25, 0.3) is 17.2 Å². The summed E-state index contributed by atoms with van der Waals surface area (Å²) in [4.78, 5) is 18.6. The Balaban J connectivity index is 1.96. The van der Waals surface area contributed by atoms with Crippen LogP contribution in [0.2, 0.25) is 0 Å². The molecular formula is C13H10N6O2. The van der Waals surface area contributed by atoms with E-state index in [4.69, 9.17) is 5.73 Å². The number of nitrogens with two attached hydrogens (primary N) is 1. The zero-order valence-corrected chi connectivity index (χ0v) is 10.7. The molecule has 0 aliphatic heterocycles. The van der Waals surface area contributed by atoms with Gasteiger partial charge in [0.1, 0.15) is 6.33 Å². The highest BCUT2D eigenvalue weighted by Gasteiger charge is 2.11. The molecule has 104 valence electrons. The average Bonchev–Trinajstić information content (AvgIpc) is 2.98. The van der Waals surface area contributed by atoms with E-state index in [2.05, 4.69) is 15.1 Å². The Bertz CT molecular complexity index is 796. The van der Waals surface area contributed by atoms with Crippen LogP contribution in [-0.2, 0) is 0 Å². The zero-order valence-electron chi connectivity index (χ0n) is 10.7. The van der Waals surface area contributed by atoms with Gasteiger partial charge >= 0.3 is 0 Å². The molecule has 0 fully saturated rings. The highest BCUT2D eigenvalue weighted by Crippen LogP contribution is 2.21. The van der Waals surface area contributed by atoms with E-state index in [1.807, 2.05) is 0 Å². The number of nitrogens with zero attached hydrogens (tertiary/aromatic N) is 5. The van der Waals surface area contributed by atoms with Crippen LogP contribution in [0.1, 0.15) is 0 Å². The third kappa shape index (κ3) is 2.54. The van der Waals surface area contributed by atoms with Crippen LogP contribution in [0.4, 0.5) is 11.4 Å². The van der Waals surface area contributed by atoms with Crippen molar-refractivity contribution in [3.05, 3.63) is 59.0 Å². The predicted octanol–water partition coefficient (Wildman–Crippen LogP) is 1.82. The van der Waals surface area contributed by atoms with Crippen LogP contribution >= 0.6 is 0 Å². The van der Waals surface area contributed by atoms with Gasteiger partial charge in [-0.25, -0.2) is 14.6 Å². The van der Waals surface area contributed by atoms with E-state index < -0.39 is 4.92 Å². The lowest BCUT2D eigenvalue weighted by atomic mass is 10.2. The Morgan fingerprint density at radius 2 is 2.05 bits per heavy atom. The summed E-state index contributed by atoms with van der Waals surface area (Å²) in [6.07, 6.45) is 3.01. The lowest BCUT2D eigenvalue weighted by molar-refractivity contribution is -0.384. The second kappa shape index (κ2) is 5.00. The number of benzene rings is 1. The molecule has 0 spiro atoms. The van der Waals surface area contributed by atoms with Gasteiger partial charge in [-0.3, -0.25) is 10.1 Å². The molecule has 3 rings (SSSR count). The van der Waals surface area contributed by atoms with Crippen molar-refractivity contribution in [2.24, 2.45) is 0 Å². The van der Waals surface area contributed by atoms with Crippen LogP contribution in [0.3, 0.4) is 0 Å². The average molecular weight is 282 g/mol. The number of nitro benzene ring substituents is 1. The Labute approximate surface area is 119 Å². The molecule has 1 aromatic carbocycles. The minimum atomic E-state index is -0.456. The number of pyridine rings is 1. The minimum absolute atomic E-state index is 0.00513. The third-order valence-electron chi connectivity index (χ3n) is 2.81. The molecule has 0 unspecified atom stereocenters. The number of nitro groups is 1. The summed E-state index contributed by atoms with van der Waals surface area (Å²) in [7, 11) is 0. The molecule has 2 heterocycles. The molecule has 0 saturated carbocycles. The normalized spacial score (nSPS) is 10.5. The predicted molar refractivity (Wildman–Crippen MR) is 75.7 cm³/mol. The summed E-state index contributed by atoms with van der Waals surface area (Å²) in [6, 6.07) is 9.56. The van der Waals surface area contributed by atoms with Crippen molar-refractivity contribution >= 4 is 11.4 Å². The van der Waals surface area contributed by atoms with Crippen molar-refractivity contribution in [3.63, 3.8) is 0 Å². The highest BCUT2D eigenvalue weighted by atomic mass is 16.6. The topological polar surface area (TPSA) is 113 Å². The van der Waals surface area contributed by atoms with Crippen LogP contribution in [0.5, 0.6) is 0 Å². The Kier molecular flexibility index (Phi) is 3.03. The number of non-ortho nitro benzene ring substituents is 1. The second-order valence-electron chi connectivity index (χ2n) is 4.27. The first-order valence-corrected chi connectivity index (χ1v) is 6.02. The quantitative estimate of drug-likeness (QED) is 0.579. The number of anilines is 1. The third-order valence-corrected chi connectivity index (χ3v) is 2.81. The molecule has 3 aromatic rings. The lowest BCUT2D eigenvalue weighted by Crippen LogP contribution is -1.99. The van der Waals surface area contributed by atoms with Crippen LogP contribution in [-0.4, -0.2) is 24.7 Å². The smallest absolute Gasteiger partial charge is 0.270 e. The van der Waals surface area contributed by atoms with Crippen LogP contribution in [0.15, 0.2) is 48.9 Å². The standard InChI is InChI=1S/C13H10N6O2/c14-10-4-5-12(15-7-10)18-8-16-13(17-18)9-2-1-3-11(6-9)19(20)21/h1-8H,14H2. The molecule has 2 N–H and O–H groups in total. The molecule has 8 nitrogen and oxygen atoms in total. The van der Waals surface area contributed by atoms with E-state index in [1.165, 1.54) is 29.3 Å². The largest absolute Gasteiger partial charge is 0.397 e. The number of rotatable bonds is 3. The second-order valence-corrected chi connectivity index (χ2v) is 4.27. The molecular weight excluding hydrogens is 272 g/mol. The van der Waals surface area contributed by atoms with E-state index in [0.29, 0.717) is 22.9 Å². The SMILES string of the molecule is Nc1ccc(-n2cnc(-c3cccc([N+](=O)[O-])c3)n2)nc1. The Hall–Kier alpha value is -3.29. The molecule has 21 heavy (non-hydrogen) atoms. The van der Waals surface area contributed by atoms with Gasteiger partial charge in [0.2, 0.25) is 0 Å². The van der Waals surface area contributed by atoms with Gasteiger partial charge in [0.05, 0.1) is 16.8 Å². The molecule has 0 aliphatic carbocycles. The summed E-state index contributed by atoms with van der Waals surface area (Å²) in [5.41, 5.74) is 6.69. The fourth-order valence-corrected chi connectivity index (χ4v) is 1.80. The first kappa shape index (κ1) is 12.7. The van der Waals surface area contributed by atoms with E-state index in [0.717, 1.165) is 0 Å². The summed E-state index contributed by atoms with van der Waals surface area (Å²) in [5.74, 6) is 0.950. The molecule has 0 amide bonds. The number of aromatic nitrogens is 4. The van der Waals surface area contributed by atoms with Gasteiger partial charge in [0.15, 0.2) is 11.6 Å². The number of hydrogen-bond acceptors (Lipinski definition) is 6. The van der Waals surface area contributed by atoms with Crippen molar-refractivity contribution in [2.75, 3.05) is 5.73 Å². The first-order chi connectivity index (χ1) is 10.1. The summed E-state index contributed by atoms with van der Waals surface area (Å²) in [5, 5.41) is 15.0. The highest BCUT2D eigenvalue weighted by molar-refractivity contribution is 5.58. The zero-order chi connectivity index (χ0) is 14.8. The van der Waals surface area contributed by atoms with Gasteiger partial charge < -0.3 is 5.73 Å². The van der Waals surface area contributed by atoms with E-state index in [9.17, 15) is 10.1 Å². The molecule has 0 atom stereocenters. The maximum atomic E-state index is 10.8. The summed E-state index contributed by atoms with van der Waals surface area (Å²) < 4.78 is 1.48. The Morgan fingerprint density at radius 3 is 2.76 bits per heavy atom. The lowest BCUT2D eigenvalue weighted by Gasteiger charge is -1.99. The fourth-order valence-electron chi connectivity index (χ4n) is 1.80. The van der Waals surface area contributed by atoms with Crippen LogP contribution < -0.4 is 5.73 Å². The minimum Gasteiger partial charge on any atom is -0.397 e. The van der Waals surface area contributed by atoms with Crippen molar-refractivity contribution in [3.8, 4) is 17.2 Å². The molecule has 0 radical (unpaired) electrons. The molecule has 0 aliphatic rings. The van der Waals surface area contributed by atoms with E-state index in [1.54, 1.807) is 24.3 Å². The van der Waals surface area contributed by atoms with E-state index >= 15 is 0 Å². The Morgan fingerprint density at radius 1 is 1.19 bits per heavy atom. The summed E-state index contributed by atoms with van der Waals surface area (Å²) in [6.45, 7) is 0. The molecule has 2 aromatic heterocycles. The first-order valence-electron chi connectivity index (χ1n) is 6.02.